The number of nitrogens with zero attached hydrogens (tertiary/aromatic N) is 1. The second kappa shape index (κ2) is 6.28. The molecule has 0 bridgehead atoms. The molecule has 0 aliphatic heterocycles. The number of anilines is 1. The molecular formula is C16H20N2O2. The fraction of sp³-hybridized carbons (Fsp3) is 0.312. The Morgan fingerprint density at radius 2 is 1.80 bits per heavy atom. The summed E-state index contributed by atoms with van der Waals surface area (Å²) in [6.45, 7) is 4.20. The zero-order chi connectivity index (χ0) is 14.5. The predicted octanol–water partition coefficient (Wildman–Crippen LogP) is 3.42. The molecule has 1 aromatic carbocycles. The summed E-state index contributed by atoms with van der Waals surface area (Å²) in [4.78, 5) is 12.4. The minimum absolute atomic E-state index is 0.0411. The summed E-state index contributed by atoms with van der Waals surface area (Å²) in [5.74, 6) is 0.570. The number of hydrogen-bond acceptors (Lipinski definition) is 2. The first-order valence-corrected chi connectivity index (χ1v) is 6.78. The van der Waals surface area contributed by atoms with Gasteiger partial charge in [-0.25, -0.2) is 0 Å². The molecule has 4 heteroatoms. The number of carbonyl (C=O) groups excluding carboxylic acids is 1. The van der Waals surface area contributed by atoms with Crippen molar-refractivity contribution in [1.82, 2.24) is 4.57 Å². The Labute approximate surface area is 119 Å². The smallest absolute Gasteiger partial charge is 0.247 e. The van der Waals surface area contributed by atoms with E-state index >= 15 is 0 Å². The Balaban J connectivity index is 2.12. The van der Waals surface area contributed by atoms with E-state index in [4.69, 9.17) is 0 Å². The highest BCUT2D eigenvalue weighted by Crippen LogP contribution is 2.21. The van der Waals surface area contributed by atoms with Crippen LogP contribution in [0, 0.1) is 5.92 Å². The van der Waals surface area contributed by atoms with E-state index in [2.05, 4.69) is 19.2 Å². The van der Waals surface area contributed by atoms with Gasteiger partial charge in [0.05, 0.1) is 0 Å². The molecule has 2 aromatic rings. The van der Waals surface area contributed by atoms with Crippen LogP contribution in [0.25, 0.3) is 0 Å². The van der Waals surface area contributed by atoms with Crippen LogP contribution in [0.15, 0.2) is 48.8 Å². The van der Waals surface area contributed by atoms with Gasteiger partial charge in [0, 0.05) is 18.1 Å². The van der Waals surface area contributed by atoms with Crippen LogP contribution in [-0.2, 0) is 4.79 Å². The molecule has 4 nitrogen and oxygen atoms in total. The Hall–Kier alpha value is -2.23. The summed E-state index contributed by atoms with van der Waals surface area (Å²) in [5, 5.41) is 12.1. The second-order valence-electron chi connectivity index (χ2n) is 5.31. The van der Waals surface area contributed by atoms with E-state index in [0.29, 0.717) is 11.6 Å². The molecule has 0 radical (unpaired) electrons. The third kappa shape index (κ3) is 3.63. The highest BCUT2D eigenvalue weighted by atomic mass is 16.3. The second-order valence-corrected chi connectivity index (χ2v) is 5.31. The van der Waals surface area contributed by atoms with Gasteiger partial charge in [0.2, 0.25) is 5.91 Å². The van der Waals surface area contributed by atoms with E-state index in [1.807, 2.05) is 29.1 Å². The van der Waals surface area contributed by atoms with E-state index in [9.17, 15) is 9.90 Å². The Bertz CT molecular complexity index is 544. The Morgan fingerprint density at radius 1 is 1.20 bits per heavy atom. The molecule has 0 fully saturated rings. The van der Waals surface area contributed by atoms with Crippen molar-refractivity contribution in [1.29, 1.82) is 0 Å². The summed E-state index contributed by atoms with van der Waals surface area (Å²) < 4.78 is 1.93. The van der Waals surface area contributed by atoms with Gasteiger partial charge < -0.3 is 15.0 Å². The van der Waals surface area contributed by atoms with Crippen molar-refractivity contribution >= 4 is 11.6 Å². The SMILES string of the molecule is CC(C)C[C@@H](C(=O)Nc1ccc(O)cc1)n1cccc1. The zero-order valence-electron chi connectivity index (χ0n) is 11.8. The highest BCUT2D eigenvalue weighted by molar-refractivity contribution is 5.93. The maximum atomic E-state index is 12.4. The summed E-state index contributed by atoms with van der Waals surface area (Å²) in [6, 6.07) is 10.1. The van der Waals surface area contributed by atoms with Crippen LogP contribution >= 0.6 is 0 Å². The number of phenolic OH excluding ortho intramolecular Hbond substituents is 1. The number of carbonyl (C=O) groups is 1. The molecule has 106 valence electrons. The van der Waals surface area contributed by atoms with Crippen molar-refractivity contribution in [3.8, 4) is 5.75 Å². The molecule has 1 heterocycles. The van der Waals surface area contributed by atoms with Gasteiger partial charge in [-0.3, -0.25) is 4.79 Å². The first-order chi connectivity index (χ1) is 9.56. The van der Waals surface area contributed by atoms with Crippen molar-refractivity contribution in [3.05, 3.63) is 48.8 Å². The lowest BCUT2D eigenvalue weighted by atomic mass is 10.0. The molecule has 0 spiro atoms. The predicted molar refractivity (Wildman–Crippen MR) is 79.7 cm³/mol. The normalized spacial score (nSPS) is 12.3. The van der Waals surface area contributed by atoms with E-state index in [-0.39, 0.29) is 17.7 Å². The first-order valence-electron chi connectivity index (χ1n) is 6.78. The zero-order valence-corrected chi connectivity index (χ0v) is 11.8. The summed E-state index contributed by atoms with van der Waals surface area (Å²) in [6.07, 6.45) is 4.59. The quantitative estimate of drug-likeness (QED) is 0.819. The fourth-order valence-corrected chi connectivity index (χ4v) is 2.14. The molecule has 0 aliphatic carbocycles. The number of hydrogen-bond donors (Lipinski definition) is 2. The average Bonchev–Trinajstić information content (AvgIpc) is 2.92. The van der Waals surface area contributed by atoms with Gasteiger partial charge in [-0.1, -0.05) is 13.8 Å². The van der Waals surface area contributed by atoms with Gasteiger partial charge in [-0.15, -0.1) is 0 Å². The van der Waals surface area contributed by atoms with E-state index < -0.39 is 0 Å². The maximum absolute atomic E-state index is 12.4. The van der Waals surface area contributed by atoms with Crippen LogP contribution < -0.4 is 5.32 Å². The molecule has 1 aromatic heterocycles. The highest BCUT2D eigenvalue weighted by Gasteiger charge is 2.20. The number of phenols is 1. The van der Waals surface area contributed by atoms with Gasteiger partial charge in [-0.05, 0) is 48.7 Å². The number of amides is 1. The topological polar surface area (TPSA) is 54.3 Å². The monoisotopic (exact) mass is 272 g/mol. The van der Waals surface area contributed by atoms with Crippen molar-refractivity contribution in [2.75, 3.05) is 5.32 Å². The number of benzene rings is 1. The number of aromatic nitrogens is 1. The van der Waals surface area contributed by atoms with E-state index in [0.717, 1.165) is 6.42 Å². The molecule has 2 N–H and O–H groups in total. The summed E-state index contributed by atoms with van der Waals surface area (Å²) in [5.41, 5.74) is 0.689. The molecule has 1 amide bonds. The van der Waals surface area contributed by atoms with Gasteiger partial charge >= 0.3 is 0 Å². The minimum atomic E-state index is -0.223. The molecule has 20 heavy (non-hydrogen) atoms. The fourth-order valence-electron chi connectivity index (χ4n) is 2.14. The Morgan fingerprint density at radius 3 is 2.35 bits per heavy atom. The number of nitrogens with one attached hydrogen (secondary N) is 1. The molecule has 0 saturated heterocycles. The first kappa shape index (κ1) is 14.2. The average molecular weight is 272 g/mol. The van der Waals surface area contributed by atoms with Crippen LogP contribution in [0.2, 0.25) is 0 Å². The maximum Gasteiger partial charge on any atom is 0.247 e. The van der Waals surface area contributed by atoms with E-state index in [1.54, 1.807) is 24.3 Å². The molecule has 0 unspecified atom stereocenters. The molecule has 2 rings (SSSR count). The summed E-state index contributed by atoms with van der Waals surface area (Å²) in [7, 11) is 0. The van der Waals surface area contributed by atoms with Crippen molar-refractivity contribution < 1.29 is 9.90 Å². The summed E-state index contributed by atoms with van der Waals surface area (Å²) >= 11 is 0. The third-order valence-electron chi connectivity index (χ3n) is 3.12. The van der Waals surface area contributed by atoms with Crippen molar-refractivity contribution in [2.24, 2.45) is 5.92 Å². The largest absolute Gasteiger partial charge is 0.508 e. The molecule has 0 aliphatic rings. The van der Waals surface area contributed by atoms with Crippen LogP contribution in [0.1, 0.15) is 26.3 Å². The molecule has 1 atom stereocenters. The standard InChI is InChI=1S/C16H20N2O2/c1-12(2)11-15(18-9-3-4-10-18)16(20)17-13-5-7-14(19)8-6-13/h3-10,12,15,19H,11H2,1-2H3,(H,17,20)/t15-/m0/s1. The van der Waals surface area contributed by atoms with Crippen LogP contribution in [0.4, 0.5) is 5.69 Å². The van der Waals surface area contributed by atoms with Crippen molar-refractivity contribution in [2.45, 2.75) is 26.3 Å². The Kier molecular flexibility index (Phi) is 4.45. The molecule has 0 saturated carbocycles. The minimum Gasteiger partial charge on any atom is -0.508 e. The van der Waals surface area contributed by atoms with Gasteiger partial charge in [0.15, 0.2) is 0 Å². The lowest BCUT2D eigenvalue weighted by molar-refractivity contribution is -0.119. The van der Waals surface area contributed by atoms with Crippen LogP contribution in [0.3, 0.4) is 0 Å². The lowest BCUT2D eigenvalue weighted by Gasteiger charge is -2.20. The third-order valence-corrected chi connectivity index (χ3v) is 3.12. The van der Waals surface area contributed by atoms with Gasteiger partial charge in [0.1, 0.15) is 11.8 Å². The van der Waals surface area contributed by atoms with E-state index in [1.165, 1.54) is 0 Å². The lowest BCUT2D eigenvalue weighted by Crippen LogP contribution is -2.26. The van der Waals surface area contributed by atoms with Crippen LogP contribution in [0.5, 0.6) is 5.75 Å². The molecular weight excluding hydrogens is 252 g/mol. The van der Waals surface area contributed by atoms with Gasteiger partial charge in [-0.2, -0.15) is 0 Å². The van der Waals surface area contributed by atoms with Gasteiger partial charge in [0.25, 0.3) is 0 Å². The number of aromatic hydroxyl groups is 1. The van der Waals surface area contributed by atoms with Crippen molar-refractivity contribution in [3.63, 3.8) is 0 Å². The number of rotatable bonds is 5. The van der Waals surface area contributed by atoms with Crippen LogP contribution in [-0.4, -0.2) is 15.6 Å².